The van der Waals surface area contributed by atoms with Crippen LogP contribution in [0.1, 0.15) is 10.6 Å². The second-order valence-corrected chi connectivity index (χ2v) is 5.56. The third-order valence-corrected chi connectivity index (χ3v) is 3.50. The van der Waals surface area contributed by atoms with E-state index in [9.17, 15) is 9.59 Å². The van der Waals surface area contributed by atoms with Crippen LogP contribution in [0.25, 0.3) is 0 Å². The average Bonchev–Trinajstić information content (AvgIpc) is 2.99. The van der Waals surface area contributed by atoms with Crippen LogP contribution in [-0.4, -0.2) is 16.0 Å². The van der Waals surface area contributed by atoms with Crippen LogP contribution in [0, 0.1) is 6.07 Å². The number of aromatic amines is 1. The van der Waals surface area contributed by atoms with Crippen molar-refractivity contribution in [3.8, 4) is 11.5 Å². The topological polar surface area (TPSA) is 123 Å². The number of aromatic nitrogens is 2. The summed E-state index contributed by atoms with van der Waals surface area (Å²) in [6.07, 6.45) is 0. The minimum Gasteiger partial charge on any atom is -0.514 e. The maximum Gasteiger partial charge on any atom is 0.439 e. The Labute approximate surface area is 181 Å². The maximum absolute atomic E-state index is 11.9. The molecule has 26 heavy (non-hydrogen) atoms. The third-order valence-electron chi connectivity index (χ3n) is 2.94. The minimum atomic E-state index is -0.842. The van der Waals surface area contributed by atoms with Gasteiger partial charge in [0.25, 0.3) is 5.91 Å². The monoisotopic (exact) mass is 468 g/mol. The van der Waals surface area contributed by atoms with Crippen molar-refractivity contribution in [3.63, 3.8) is 0 Å². The maximum atomic E-state index is 11.9. The molecule has 3 aromatic rings. The molecule has 0 unspecified atom stereocenters. The number of nitrogen functional groups attached to an aromatic ring is 1. The van der Waals surface area contributed by atoms with Crippen LogP contribution in [0.5, 0.6) is 11.5 Å². The molecule has 0 spiro atoms. The number of carbonyl (C=O) groups excluding carboxylic acids is 1. The Balaban J connectivity index is 0.00000243. The molecule has 11 heteroatoms. The van der Waals surface area contributed by atoms with E-state index in [1.807, 2.05) is 0 Å². The van der Waals surface area contributed by atoms with E-state index >= 15 is 0 Å². The van der Waals surface area contributed by atoms with Gasteiger partial charge in [-0.2, -0.15) is 6.07 Å². The van der Waals surface area contributed by atoms with E-state index in [0.29, 0.717) is 11.4 Å². The van der Waals surface area contributed by atoms with Gasteiger partial charge in [-0.15, -0.1) is 18.2 Å². The Bertz CT molecular complexity index is 965. The molecule has 4 N–H and O–H groups in total. The first kappa shape index (κ1) is 20.4. The van der Waals surface area contributed by atoms with Crippen molar-refractivity contribution < 1.29 is 46.8 Å². The molecule has 0 aliphatic rings. The number of carbonyl (C=O) groups is 1. The normalized spacial score (nSPS) is 10.1. The number of amides is 1. The van der Waals surface area contributed by atoms with Gasteiger partial charge in [0.2, 0.25) is 5.82 Å². The van der Waals surface area contributed by atoms with Gasteiger partial charge in [0.05, 0.1) is 10.0 Å². The number of hydrogen-bond acceptors (Lipinski definition) is 6. The fourth-order valence-electron chi connectivity index (χ4n) is 1.85. The second-order valence-electron chi connectivity index (χ2n) is 4.75. The average molecular weight is 469 g/mol. The fourth-order valence-corrected chi connectivity index (χ4v) is 2.42. The molecule has 0 fully saturated rings. The van der Waals surface area contributed by atoms with Crippen LogP contribution in [0.15, 0.2) is 39.6 Å². The summed E-state index contributed by atoms with van der Waals surface area (Å²) in [5, 5.41) is 6.07. The first-order chi connectivity index (χ1) is 11.9. The molecule has 0 aliphatic heterocycles. The number of halogens is 2. The number of nitrogens with one attached hydrogen (secondary N) is 2. The number of anilines is 2. The van der Waals surface area contributed by atoms with E-state index in [2.05, 4.69) is 26.0 Å². The Morgan fingerprint density at radius 1 is 1.31 bits per heavy atom. The molecule has 0 atom stereocenters. The Morgan fingerprint density at radius 3 is 2.54 bits per heavy atom. The quantitative estimate of drug-likeness (QED) is 0.399. The summed E-state index contributed by atoms with van der Waals surface area (Å²) >= 11 is 12.3. The zero-order chi connectivity index (χ0) is 18.0. The largest absolute Gasteiger partial charge is 0.514 e. The van der Waals surface area contributed by atoms with Gasteiger partial charge >= 0.3 is 5.76 Å². The van der Waals surface area contributed by atoms with Crippen LogP contribution in [0.2, 0.25) is 10.0 Å². The number of hydrogen-bond donors (Lipinski definition) is 3. The fraction of sp³-hybridized carbons (Fsp3) is 0. The number of ether oxygens (including phenoxy) is 1. The second kappa shape index (κ2) is 8.68. The van der Waals surface area contributed by atoms with Gasteiger partial charge in [-0.25, -0.2) is 4.79 Å². The Kier molecular flexibility index (Phi) is 6.83. The van der Waals surface area contributed by atoms with Gasteiger partial charge in [0, 0.05) is 44.1 Å². The number of benzene rings is 2. The zero-order valence-electron chi connectivity index (χ0n) is 12.9. The Morgan fingerprint density at radius 2 is 2.00 bits per heavy atom. The van der Waals surface area contributed by atoms with Gasteiger partial charge in [0.15, 0.2) is 0 Å². The summed E-state index contributed by atoms with van der Waals surface area (Å²) in [7, 11) is 0. The van der Waals surface area contributed by atoms with E-state index in [1.54, 1.807) is 18.2 Å². The number of nitrogens with two attached hydrogens (primary N) is 1. The predicted molar refractivity (Wildman–Crippen MR) is 91.3 cm³/mol. The van der Waals surface area contributed by atoms with Crippen molar-refractivity contribution in [3.05, 3.63) is 62.8 Å². The van der Waals surface area contributed by atoms with E-state index in [1.165, 1.54) is 12.1 Å². The van der Waals surface area contributed by atoms with Crippen LogP contribution in [0.3, 0.4) is 0 Å². The molecular formula is C15H9Cl2N4O4Y-. The van der Waals surface area contributed by atoms with Crippen molar-refractivity contribution >= 4 is 40.5 Å². The predicted octanol–water partition coefficient (Wildman–Crippen LogP) is 3.09. The molecule has 8 nitrogen and oxygen atoms in total. The summed E-state index contributed by atoms with van der Waals surface area (Å²) in [5.74, 6) is -1.18. The van der Waals surface area contributed by atoms with E-state index in [0.717, 1.165) is 0 Å². The molecule has 0 bridgehead atoms. The van der Waals surface area contributed by atoms with Crippen molar-refractivity contribution in [2.45, 2.75) is 0 Å². The molecule has 0 saturated carbocycles. The first-order valence-corrected chi connectivity index (χ1v) is 7.49. The van der Waals surface area contributed by atoms with Crippen LogP contribution in [0.4, 0.5) is 11.4 Å². The standard InChI is InChI=1S/C15H9Cl2N4O4.Y/c16-10-5-8(19-14(22)13-20-15(23)25-21-13)6-11(17)12(10)24-9-3-1-7(18)2-4-9;/h1,3-6H,18H2,(H,19,22)(H,20,21,23);/q-1;. The third kappa shape index (κ3) is 4.85. The molecule has 1 amide bonds. The van der Waals surface area contributed by atoms with Crippen LogP contribution < -0.4 is 21.5 Å². The van der Waals surface area contributed by atoms with Gasteiger partial charge in [-0.1, -0.05) is 28.9 Å². The zero-order valence-corrected chi connectivity index (χ0v) is 17.2. The number of H-pyrrole nitrogens is 1. The molecule has 2 aromatic carbocycles. The molecule has 1 radical (unpaired) electrons. The van der Waals surface area contributed by atoms with Crippen molar-refractivity contribution in [1.82, 2.24) is 10.1 Å². The molecule has 1 heterocycles. The van der Waals surface area contributed by atoms with Crippen molar-refractivity contribution in [1.29, 1.82) is 0 Å². The van der Waals surface area contributed by atoms with Crippen molar-refractivity contribution in [2.75, 3.05) is 11.1 Å². The van der Waals surface area contributed by atoms with Crippen molar-refractivity contribution in [2.24, 2.45) is 0 Å². The summed E-state index contributed by atoms with van der Waals surface area (Å²) in [6, 6.07) is 10.4. The molecular weight excluding hydrogens is 460 g/mol. The first-order valence-electron chi connectivity index (χ1n) is 6.74. The summed E-state index contributed by atoms with van der Waals surface area (Å²) < 4.78 is 9.86. The van der Waals surface area contributed by atoms with Gasteiger partial charge < -0.3 is 15.8 Å². The van der Waals surface area contributed by atoms with Crippen LogP contribution in [-0.2, 0) is 32.7 Å². The molecule has 1 aromatic heterocycles. The smallest absolute Gasteiger partial charge is 0.439 e. The SMILES string of the molecule is Nc1[c-]cc(Oc2c(Cl)cc(NC(=O)c3noc(=O)[nH]3)cc2Cl)cc1.[Y]. The summed E-state index contributed by atoms with van der Waals surface area (Å²) in [6.45, 7) is 0. The summed E-state index contributed by atoms with van der Waals surface area (Å²) in [4.78, 5) is 24.9. The van der Waals surface area contributed by atoms with Crippen LogP contribution >= 0.6 is 23.2 Å². The van der Waals surface area contributed by atoms with E-state index in [-0.39, 0.29) is 60.0 Å². The Hall–Kier alpha value is -1.87. The summed E-state index contributed by atoms with van der Waals surface area (Å²) in [5.41, 5.74) is 6.30. The molecule has 0 saturated heterocycles. The minimum absolute atomic E-state index is 0. The van der Waals surface area contributed by atoms with Gasteiger partial charge in [-0.3, -0.25) is 14.3 Å². The molecule has 131 valence electrons. The number of nitrogens with zero attached hydrogens (tertiary/aromatic N) is 1. The molecule has 0 aliphatic carbocycles. The van der Waals surface area contributed by atoms with Gasteiger partial charge in [0.1, 0.15) is 5.75 Å². The van der Waals surface area contributed by atoms with E-state index < -0.39 is 11.7 Å². The van der Waals surface area contributed by atoms with Gasteiger partial charge in [-0.05, 0) is 17.3 Å². The molecule has 3 rings (SSSR count). The number of rotatable bonds is 4. The van der Waals surface area contributed by atoms with E-state index in [4.69, 9.17) is 33.7 Å².